The first-order valence-corrected chi connectivity index (χ1v) is 11.0. The summed E-state index contributed by atoms with van der Waals surface area (Å²) in [4.78, 5) is 20.5. The van der Waals surface area contributed by atoms with Crippen molar-refractivity contribution in [3.63, 3.8) is 0 Å². The Balaban J connectivity index is 0.000000477. The number of amides is 1. The Morgan fingerprint density at radius 2 is 1.27 bits per heavy atom. The van der Waals surface area contributed by atoms with Crippen molar-refractivity contribution in [1.82, 2.24) is 0 Å². The lowest BCUT2D eigenvalue weighted by atomic mass is 10.1. The summed E-state index contributed by atoms with van der Waals surface area (Å²) in [6, 6.07) is 9.03. The van der Waals surface area contributed by atoms with Crippen LogP contribution < -0.4 is 5.73 Å². The summed E-state index contributed by atoms with van der Waals surface area (Å²) in [6.45, 7) is 3.30. The SMILES string of the molecule is BrB(Br)Br.Cc1cc(/C=C/C(=O)O)ccc1F.Cc1cc(/C=C/C(N)=O)ccc1F. The number of carbonyl (C=O) groups is 2. The quantitative estimate of drug-likeness (QED) is 0.329. The van der Waals surface area contributed by atoms with Gasteiger partial charge in [-0.15, -0.1) is 47.3 Å². The van der Waals surface area contributed by atoms with E-state index in [1.54, 1.807) is 38.1 Å². The zero-order valence-electron chi connectivity index (χ0n) is 16.1. The van der Waals surface area contributed by atoms with E-state index in [0.717, 1.165) is 11.6 Å². The predicted molar refractivity (Wildman–Crippen MR) is 130 cm³/mol. The Morgan fingerprint density at radius 3 is 1.57 bits per heavy atom. The maximum Gasteiger partial charge on any atom is 0.369 e. The van der Waals surface area contributed by atoms with E-state index in [2.05, 4.69) is 47.3 Å². The van der Waals surface area contributed by atoms with Gasteiger partial charge in [0, 0.05) is 12.2 Å². The van der Waals surface area contributed by atoms with Crippen molar-refractivity contribution in [1.29, 1.82) is 0 Å². The average Bonchev–Trinajstić information content (AvgIpc) is 2.63. The Hall–Kier alpha value is -1.78. The summed E-state index contributed by atoms with van der Waals surface area (Å²) in [5.41, 5.74) is 7.41. The van der Waals surface area contributed by atoms with Crippen molar-refractivity contribution in [2.24, 2.45) is 5.73 Å². The molecular weight excluding hydrogens is 591 g/mol. The van der Waals surface area contributed by atoms with Gasteiger partial charge in [0.1, 0.15) is 11.6 Å². The molecule has 3 N–H and O–H groups in total. The molecule has 0 bridgehead atoms. The van der Waals surface area contributed by atoms with Crippen LogP contribution in [0.15, 0.2) is 48.6 Å². The first-order valence-electron chi connectivity index (χ1n) is 8.25. The molecule has 0 aliphatic heterocycles. The number of rotatable bonds is 4. The molecule has 0 radical (unpaired) electrons. The molecule has 0 spiro atoms. The first kappa shape index (κ1) is 28.2. The third-order valence-corrected chi connectivity index (χ3v) is 3.22. The summed E-state index contributed by atoms with van der Waals surface area (Å²) in [5, 5.41) is 8.34. The van der Waals surface area contributed by atoms with E-state index in [1.165, 1.54) is 30.4 Å². The van der Waals surface area contributed by atoms with Crippen LogP contribution in [0, 0.1) is 25.5 Å². The first-order chi connectivity index (χ1) is 13.9. The second-order valence-electron chi connectivity index (χ2n) is 5.67. The minimum atomic E-state index is -1.01. The Bertz CT molecular complexity index is 848. The number of hydrogen-bond acceptors (Lipinski definition) is 2. The van der Waals surface area contributed by atoms with Crippen LogP contribution in [-0.4, -0.2) is 20.2 Å². The molecule has 1 amide bonds. The average molecular weight is 610 g/mol. The van der Waals surface area contributed by atoms with Gasteiger partial charge in [-0.25, -0.2) is 13.6 Å². The molecule has 0 saturated carbocycles. The summed E-state index contributed by atoms with van der Waals surface area (Å²) in [5.74, 6) is -2.06. The number of nitrogens with two attached hydrogens (primary N) is 1. The summed E-state index contributed by atoms with van der Waals surface area (Å²) < 4.78 is 25.8. The standard InChI is InChI=1S/C10H10FNO.C10H9FO2.BBr3/c2*1-7-6-8(2-4-9(7)11)3-5-10(12)13;2-1(3)4/h2-6H,1H3,(H2,12,13);2-6H,1H3,(H,12,13);/b2*5-3+;. The number of aliphatic carboxylic acids is 1. The highest BCUT2D eigenvalue weighted by atomic mass is 79.9. The van der Waals surface area contributed by atoms with Crippen molar-refractivity contribution in [2.45, 2.75) is 13.8 Å². The zero-order chi connectivity index (χ0) is 23.3. The molecule has 30 heavy (non-hydrogen) atoms. The maximum absolute atomic E-state index is 12.8. The molecule has 4 nitrogen and oxygen atoms in total. The monoisotopic (exact) mass is 607 g/mol. The molecule has 0 unspecified atom stereocenters. The molecule has 2 aromatic carbocycles. The maximum atomic E-state index is 12.8. The zero-order valence-corrected chi connectivity index (χ0v) is 20.8. The van der Waals surface area contributed by atoms with E-state index < -0.39 is 11.9 Å². The van der Waals surface area contributed by atoms with Crippen LogP contribution in [0.2, 0.25) is 0 Å². The third-order valence-electron chi connectivity index (χ3n) is 3.22. The van der Waals surface area contributed by atoms with Crippen LogP contribution in [0.1, 0.15) is 22.3 Å². The second-order valence-corrected chi connectivity index (χ2v) is 12.1. The molecule has 10 heteroatoms. The Morgan fingerprint density at radius 1 is 0.900 bits per heavy atom. The van der Waals surface area contributed by atoms with Gasteiger partial charge in [0.2, 0.25) is 5.91 Å². The molecule has 0 aliphatic rings. The van der Waals surface area contributed by atoms with E-state index in [0.29, 0.717) is 16.7 Å². The van der Waals surface area contributed by atoms with Crippen molar-refractivity contribution >= 4 is 74.5 Å². The highest BCUT2D eigenvalue weighted by Gasteiger charge is 1.97. The summed E-state index contributed by atoms with van der Waals surface area (Å²) in [7, 11) is 0. The van der Waals surface area contributed by atoms with Gasteiger partial charge in [0.15, 0.2) is 0 Å². The van der Waals surface area contributed by atoms with Crippen molar-refractivity contribution < 1.29 is 23.5 Å². The van der Waals surface area contributed by atoms with Crippen LogP contribution >= 0.6 is 47.3 Å². The van der Waals surface area contributed by atoms with Crippen LogP contribution in [0.5, 0.6) is 0 Å². The van der Waals surface area contributed by atoms with Gasteiger partial charge in [-0.1, -0.05) is 12.1 Å². The molecule has 0 heterocycles. The van der Waals surface area contributed by atoms with Crippen LogP contribution in [0.4, 0.5) is 8.78 Å². The van der Waals surface area contributed by atoms with Crippen LogP contribution in [0.3, 0.4) is 0 Å². The fraction of sp³-hybridized carbons (Fsp3) is 0.100. The normalized spacial score (nSPS) is 10.1. The van der Waals surface area contributed by atoms with Gasteiger partial charge in [-0.3, -0.25) is 4.79 Å². The molecule has 160 valence electrons. The number of halogens is 5. The van der Waals surface area contributed by atoms with E-state index in [4.69, 9.17) is 10.8 Å². The van der Waals surface area contributed by atoms with Crippen molar-refractivity contribution in [2.75, 3.05) is 0 Å². The number of carboxylic acids is 1. The van der Waals surface area contributed by atoms with Gasteiger partial charge in [-0.05, 0) is 72.5 Å². The van der Waals surface area contributed by atoms with E-state index in [-0.39, 0.29) is 14.8 Å². The predicted octanol–water partition coefficient (Wildman–Crippen LogP) is 6.02. The molecule has 2 rings (SSSR count). The lowest BCUT2D eigenvalue weighted by Crippen LogP contribution is -2.05. The van der Waals surface area contributed by atoms with Crippen molar-refractivity contribution in [3.8, 4) is 0 Å². The molecular formula is C20H19BBr3F2NO3. The van der Waals surface area contributed by atoms with Crippen LogP contribution in [0.25, 0.3) is 12.2 Å². The highest BCUT2D eigenvalue weighted by molar-refractivity contribution is 9.69. The lowest BCUT2D eigenvalue weighted by Gasteiger charge is -1.97. The van der Waals surface area contributed by atoms with Gasteiger partial charge in [0.25, 0.3) is 0 Å². The molecule has 0 aromatic heterocycles. The Kier molecular flexibility index (Phi) is 14.2. The van der Waals surface area contributed by atoms with E-state index in [1.807, 2.05) is 0 Å². The smallest absolute Gasteiger partial charge is 0.369 e. The third kappa shape index (κ3) is 14.2. The van der Waals surface area contributed by atoms with Crippen molar-refractivity contribution in [3.05, 3.63) is 82.4 Å². The van der Waals surface area contributed by atoms with Gasteiger partial charge < -0.3 is 10.8 Å². The molecule has 0 fully saturated rings. The largest absolute Gasteiger partial charge is 0.478 e. The van der Waals surface area contributed by atoms with Gasteiger partial charge in [-0.2, -0.15) is 0 Å². The molecule has 2 aromatic rings. The number of carboxylic acid groups (broad SMARTS) is 1. The summed E-state index contributed by atoms with van der Waals surface area (Å²) in [6.07, 6.45) is 5.24. The Labute approximate surface area is 199 Å². The number of carbonyl (C=O) groups excluding carboxylic acids is 1. The summed E-state index contributed by atoms with van der Waals surface area (Å²) >= 11 is 9.31. The molecule has 0 aliphatic carbocycles. The fourth-order valence-corrected chi connectivity index (χ4v) is 1.89. The minimum Gasteiger partial charge on any atom is -0.478 e. The van der Waals surface area contributed by atoms with E-state index >= 15 is 0 Å². The number of benzene rings is 2. The van der Waals surface area contributed by atoms with Gasteiger partial charge >= 0.3 is 9.15 Å². The second kappa shape index (κ2) is 15.1. The molecule has 0 atom stereocenters. The lowest BCUT2D eigenvalue weighted by molar-refractivity contribution is -0.131. The number of hydrogen-bond donors (Lipinski definition) is 2. The van der Waals surface area contributed by atoms with Gasteiger partial charge in [0.05, 0.1) is 0 Å². The number of aryl methyl sites for hydroxylation is 2. The minimum absolute atomic E-state index is 0.253. The van der Waals surface area contributed by atoms with Crippen LogP contribution in [-0.2, 0) is 9.59 Å². The molecule has 0 saturated heterocycles. The fourth-order valence-electron chi connectivity index (χ4n) is 1.89. The topological polar surface area (TPSA) is 80.4 Å². The highest BCUT2D eigenvalue weighted by Crippen LogP contribution is 2.11. The van der Waals surface area contributed by atoms with E-state index in [9.17, 15) is 18.4 Å². The number of primary amides is 1.